The van der Waals surface area contributed by atoms with Gasteiger partial charge in [-0.2, -0.15) is 0 Å². The molecule has 1 amide bonds. The van der Waals surface area contributed by atoms with Crippen molar-refractivity contribution in [3.8, 4) is 0 Å². The monoisotopic (exact) mass is 213 g/mol. The first-order valence-electron chi connectivity index (χ1n) is 4.51. The molecule has 0 unspecified atom stereocenters. The molecule has 4 N–H and O–H groups in total. The highest BCUT2D eigenvalue weighted by Crippen LogP contribution is 2.09. The number of amides is 1. The van der Waals surface area contributed by atoms with E-state index in [9.17, 15) is 4.79 Å². The molecule has 1 aromatic rings. The first-order chi connectivity index (χ1) is 6.88. The Morgan fingerprint density at radius 3 is 2.60 bits per heavy atom. The van der Waals surface area contributed by atoms with Gasteiger partial charge in [0.05, 0.1) is 6.54 Å². The summed E-state index contributed by atoms with van der Waals surface area (Å²) < 4.78 is 4.33. The van der Waals surface area contributed by atoms with Crippen LogP contribution in [0.15, 0.2) is 4.63 Å². The number of hydrogen-bond donors (Lipinski definition) is 3. The third-order valence-electron chi connectivity index (χ3n) is 1.55. The first-order valence-corrected chi connectivity index (χ1v) is 4.51. The fourth-order valence-electron chi connectivity index (χ4n) is 0.804. The van der Waals surface area contributed by atoms with E-state index in [0.29, 0.717) is 0 Å². The van der Waals surface area contributed by atoms with Crippen molar-refractivity contribution in [1.29, 1.82) is 0 Å². The number of nitrogens with one attached hydrogen (secondary N) is 2. The van der Waals surface area contributed by atoms with Crippen molar-refractivity contribution >= 4 is 17.5 Å². The van der Waals surface area contributed by atoms with Gasteiger partial charge in [-0.05, 0) is 31.1 Å². The predicted octanol–water partition coefficient (Wildman–Crippen LogP) is -0.0216. The van der Waals surface area contributed by atoms with Crippen LogP contribution in [0, 0.1) is 0 Å². The Balaban J connectivity index is 2.41. The third kappa shape index (κ3) is 3.94. The summed E-state index contributed by atoms with van der Waals surface area (Å²) in [7, 11) is 0. The summed E-state index contributed by atoms with van der Waals surface area (Å²) in [5.74, 6) is -0.0258. The van der Waals surface area contributed by atoms with Crippen LogP contribution in [0.5, 0.6) is 0 Å². The van der Waals surface area contributed by atoms with Crippen LogP contribution in [-0.4, -0.2) is 28.3 Å². The molecular formula is C8H15N5O2. The van der Waals surface area contributed by atoms with E-state index < -0.39 is 0 Å². The Bertz CT molecular complexity index is 341. The average Bonchev–Trinajstić information content (AvgIpc) is 2.47. The lowest BCUT2D eigenvalue weighted by Crippen LogP contribution is -2.41. The van der Waals surface area contributed by atoms with Crippen LogP contribution in [0.2, 0.25) is 0 Å². The van der Waals surface area contributed by atoms with Gasteiger partial charge in [-0.3, -0.25) is 4.79 Å². The Morgan fingerprint density at radius 1 is 1.47 bits per heavy atom. The van der Waals surface area contributed by atoms with Crippen molar-refractivity contribution < 1.29 is 9.42 Å². The van der Waals surface area contributed by atoms with E-state index in [1.165, 1.54) is 0 Å². The molecule has 0 saturated carbocycles. The van der Waals surface area contributed by atoms with Crippen molar-refractivity contribution in [3.05, 3.63) is 0 Å². The lowest BCUT2D eigenvalue weighted by Gasteiger charge is -2.19. The van der Waals surface area contributed by atoms with E-state index in [1.54, 1.807) is 0 Å². The summed E-state index contributed by atoms with van der Waals surface area (Å²) in [6.07, 6.45) is 0. The molecule has 0 bridgehead atoms. The molecule has 1 heterocycles. The van der Waals surface area contributed by atoms with E-state index in [0.717, 1.165) is 0 Å². The van der Waals surface area contributed by atoms with Gasteiger partial charge in [-0.1, -0.05) is 0 Å². The Labute approximate surface area is 87.4 Å². The second kappa shape index (κ2) is 4.26. The van der Waals surface area contributed by atoms with Gasteiger partial charge in [0.15, 0.2) is 0 Å². The second-order valence-corrected chi connectivity index (χ2v) is 4.15. The fourth-order valence-corrected chi connectivity index (χ4v) is 0.804. The molecule has 0 radical (unpaired) electrons. The summed E-state index contributed by atoms with van der Waals surface area (Å²) >= 11 is 0. The topological polar surface area (TPSA) is 106 Å². The van der Waals surface area contributed by atoms with E-state index >= 15 is 0 Å². The highest BCUT2D eigenvalue weighted by molar-refractivity contribution is 5.93. The maximum Gasteiger partial charge on any atom is 0.239 e. The molecule has 0 aliphatic carbocycles. The van der Waals surface area contributed by atoms with Gasteiger partial charge in [0.2, 0.25) is 17.5 Å². The Morgan fingerprint density at radius 2 is 2.13 bits per heavy atom. The maximum absolute atomic E-state index is 11.4. The highest BCUT2D eigenvalue weighted by Gasteiger charge is 2.13. The minimum atomic E-state index is -0.243. The van der Waals surface area contributed by atoms with Gasteiger partial charge in [0.1, 0.15) is 0 Å². The molecule has 0 saturated heterocycles. The van der Waals surface area contributed by atoms with Gasteiger partial charge in [-0.15, -0.1) is 0 Å². The van der Waals surface area contributed by atoms with Crippen LogP contribution in [0.25, 0.3) is 0 Å². The van der Waals surface area contributed by atoms with Crippen LogP contribution in [-0.2, 0) is 4.79 Å². The number of anilines is 2. The zero-order valence-corrected chi connectivity index (χ0v) is 9.00. The molecule has 15 heavy (non-hydrogen) atoms. The quantitative estimate of drug-likeness (QED) is 0.651. The molecule has 0 atom stereocenters. The van der Waals surface area contributed by atoms with Crippen molar-refractivity contribution in [2.24, 2.45) is 0 Å². The van der Waals surface area contributed by atoms with Crippen molar-refractivity contribution in [2.75, 3.05) is 17.6 Å². The van der Waals surface area contributed by atoms with Crippen LogP contribution in [0.1, 0.15) is 20.8 Å². The van der Waals surface area contributed by atoms with Gasteiger partial charge in [0.25, 0.3) is 0 Å². The molecule has 1 aromatic heterocycles. The molecule has 7 heteroatoms. The van der Waals surface area contributed by atoms with Gasteiger partial charge in [-0.25, -0.2) is 4.63 Å². The first kappa shape index (κ1) is 11.4. The van der Waals surface area contributed by atoms with Crippen molar-refractivity contribution in [2.45, 2.75) is 26.3 Å². The number of nitrogens with two attached hydrogens (primary N) is 1. The van der Waals surface area contributed by atoms with E-state index in [4.69, 9.17) is 5.73 Å². The van der Waals surface area contributed by atoms with E-state index in [-0.39, 0.29) is 29.6 Å². The maximum atomic E-state index is 11.4. The van der Waals surface area contributed by atoms with E-state index in [2.05, 4.69) is 25.6 Å². The third-order valence-corrected chi connectivity index (χ3v) is 1.55. The molecule has 0 aromatic carbocycles. The molecule has 0 aliphatic rings. The van der Waals surface area contributed by atoms with Crippen molar-refractivity contribution in [1.82, 2.24) is 15.6 Å². The summed E-state index contributed by atoms with van der Waals surface area (Å²) in [6.45, 7) is 6.07. The normalized spacial score (nSPS) is 11.4. The number of carbonyl (C=O) groups excluding carboxylic acids is 1. The molecule has 1 rings (SSSR count). The summed E-state index contributed by atoms with van der Waals surface area (Å²) in [4.78, 5) is 11.4. The minimum absolute atomic E-state index is 0.0686. The van der Waals surface area contributed by atoms with Crippen LogP contribution in [0.4, 0.5) is 11.6 Å². The SMILES string of the molecule is CC(C)(C)NCC(=O)Nc1nonc1N. The van der Waals surface area contributed by atoms with Gasteiger partial charge >= 0.3 is 0 Å². The van der Waals surface area contributed by atoms with Gasteiger partial charge < -0.3 is 16.4 Å². The summed E-state index contributed by atoms with van der Waals surface area (Å²) in [6, 6.07) is 0. The fraction of sp³-hybridized carbons (Fsp3) is 0.625. The zero-order valence-electron chi connectivity index (χ0n) is 9.00. The largest absolute Gasteiger partial charge is 0.378 e. The summed E-state index contributed by atoms with van der Waals surface area (Å²) in [5, 5.41) is 12.3. The Hall–Kier alpha value is -1.63. The molecule has 0 spiro atoms. The number of rotatable bonds is 3. The van der Waals surface area contributed by atoms with Crippen molar-refractivity contribution in [3.63, 3.8) is 0 Å². The molecule has 7 nitrogen and oxygen atoms in total. The second-order valence-electron chi connectivity index (χ2n) is 4.15. The summed E-state index contributed by atoms with van der Waals surface area (Å²) in [5.41, 5.74) is 5.25. The molecule has 0 fully saturated rings. The van der Waals surface area contributed by atoms with Crippen LogP contribution >= 0.6 is 0 Å². The number of carbonyl (C=O) groups is 1. The number of aromatic nitrogens is 2. The zero-order chi connectivity index (χ0) is 11.5. The average molecular weight is 213 g/mol. The van der Waals surface area contributed by atoms with Gasteiger partial charge in [0, 0.05) is 5.54 Å². The number of hydrogen-bond acceptors (Lipinski definition) is 6. The molecular weight excluding hydrogens is 198 g/mol. The number of nitrogen functional groups attached to an aromatic ring is 1. The lowest BCUT2D eigenvalue weighted by molar-refractivity contribution is -0.115. The Kier molecular flexibility index (Phi) is 3.25. The number of nitrogens with zero attached hydrogens (tertiary/aromatic N) is 2. The van der Waals surface area contributed by atoms with Crippen LogP contribution in [0.3, 0.4) is 0 Å². The molecule has 0 aliphatic heterocycles. The predicted molar refractivity (Wildman–Crippen MR) is 55.1 cm³/mol. The highest BCUT2D eigenvalue weighted by atomic mass is 16.6. The molecule has 84 valence electrons. The smallest absolute Gasteiger partial charge is 0.239 e. The minimum Gasteiger partial charge on any atom is -0.378 e. The van der Waals surface area contributed by atoms with Crippen LogP contribution < -0.4 is 16.4 Å². The standard InChI is InChI=1S/C8H15N5O2/c1-8(2,3)10-4-5(14)11-7-6(9)12-15-13-7/h10H,4H2,1-3H3,(H2,9,12)(H,11,13,14). The van der Waals surface area contributed by atoms with E-state index in [1.807, 2.05) is 20.8 Å². The lowest BCUT2D eigenvalue weighted by atomic mass is 10.1.